The molecule has 2 heterocycles. The molecule has 0 amide bonds. The maximum Gasteiger partial charge on any atom is 0.290 e. The van der Waals surface area contributed by atoms with Crippen LogP contribution in [-0.4, -0.2) is 15.1 Å². The van der Waals surface area contributed by atoms with E-state index in [4.69, 9.17) is 5.11 Å². The number of aromatic amines is 1. The summed E-state index contributed by atoms with van der Waals surface area (Å²) in [7, 11) is 0. The molecule has 0 unspecified atom stereocenters. The Hall–Kier alpha value is -2.10. The van der Waals surface area contributed by atoms with Crippen LogP contribution < -0.4 is 5.56 Å². The molecule has 2 rings (SSSR count). The molecule has 0 aromatic carbocycles. The van der Waals surface area contributed by atoms with Gasteiger partial charge in [0.15, 0.2) is 5.75 Å². The van der Waals surface area contributed by atoms with Gasteiger partial charge in [-0.2, -0.15) is 0 Å². The highest BCUT2D eigenvalue weighted by Crippen LogP contribution is 1.92. The average Bonchev–Trinajstić information content (AvgIpc) is 2.26. The number of aromatic nitrogens is 2. The normalized spacial score (nSPS) is 8.57. The van der Waals surface area contributed by atoms with Crippen molar-refractivity contribution in [2.24, 2.45) is 0 Å². The summed E-state index contributed by atoms with van der Waals surface area (Å²) in [6.07, 6.45) is 4.96. The lowest BCUT2D eigenvalue weighted by Gasteiger charge is -1.83. The number of hydrogen-bond donors (Lipinski definition) is 2. The second-order valence-electron chi connectivity index (χ2n) is 2.41. The molecule has 0 spiro atoms. The van der Waals surface area contributed by atoms with Gasteiger partial charge >= 0.3 is 0 Å². The Morgan fingerprint density at radius 1 is 1.14 bits per heavy atom. The second-order valence-corrected chi connectivity index (χ2v) is 2.41. The molecule has 0 bridgehead atoms. The lowest BCUT2D eigenvalue weighted by atomic mass is 10.5. The van der Waals surface area contributed by atoms with Gasteiger partial charge in [-0.15, -0.1) is 0 Å². The second kappa shape index (κ2) is 5.53. The predicted octanol–water partition coefficient (Wildman–Crippen LogP) is 1.16. The van der Waals surface area contributed by atoms with Crippen molar-refractivity contribution < 1.29 is 5.11 Å². The highest BCUT2D eigenvalue weighted by atomic mass is 16.3. The van der Waals surface area contributed by atoms with Gasteiger partial charge < -0.3 is 10.1 Å². The van der Waals surface area contributed by atoms with E-state index in [0.29, 0.717) is 0 Å². The summed E-state index contributed by atoms with van der Waals surface area (Å²) in [5, 5.41) is 8.58. The van der Waals surface area contributed by atoms with Gasteiger partial charge in [0.1, 0.15) is 0 Å². The van der Waals surface area contributed by atoms with E-state index in [2.05, 4.69) is 9.97 Å². The number of hydrogen-bond acceptors (Lipinski definition) is 3. The Labute approximate surface area is 80.9 Å². The zero-order valence-electron chi connectivity index (χ0n) is 7.42. The van der Waals surface area contributed by atoms with Gasteiger partial charge in [0, 0.05) is 18.6 Å². The summed E-state index contributed by atoms with van der Waals surface area (Å²) in [5.74, 6) is -0.243. The molecular weight excluding hydrogens is 180 g/mol. The zero-order valence-corrected chi connectivity index (χ0v) is 7.42. The molecule has 0 radical (unpaired) electrons. The lowest BCUT2D eigenvalue weighted by molar-refractivity contribution is 0.466. The molecule has 4 heteroatoms. The fourth-order valence-corrected chi connectivity index (χ4v) is 0.725. The Morgan fingerprint density at radius 2 is 1.86 bits per heavy atom. The molecule has 0 aliphatic heterocycles. The molecule has 2 aromatic heterocycles. The first-order chi connectivity index (χ1) is 6.80. The molecule has 0 fully saturated rings. The monoisotopic (exact) mass is 190 g/mol. The van der Waals surface area contributed by atoms with E-state index in [0.717, 1.165) is 0 Å². The van der Waals surface area contributed by atoms with Crippen LogP contribution in [0.2, 0.25) is 0 Å². The van der Waals surface area contributed by atoms with Crippen molar-refractivity contribution in [1.29, 1.82) is 0 Å². The van der Waals surface area contributed by atoms with Crippen LogP contribution in [0.5, 0.6) is 5.75 Å². The lowest BCUT2D eigenvalue weighted by Crippen LogP contribution is -2.01. The quantitative estimate of drug-likeness (QED) is 0.655. The Bertz CT molecular complexity index is 385. The Morgan fingerprint density at radius 3 is 2.14 bits per heavy atom. The number of nitrogens with zero attached hydrogens (tertiary/aromatic N) is 1. The molecule has 14 heavy (non-hydrogen) atoms. The van der Waals surface area contributed by atoms with Gasteiger partial charge in [0.2, 0.25) is 0 Å². The molecule has 4 nitrogen and oxygen atoms in total. The van der Waals surface area contributed by atoms with E-state index in [9.17, 15) is 4.79 Å². The highest BCUT2D eigenvalue weighted by Gasteiger charge is 1.87. The molecule has 0 saturated heterocycles. The van der Waals surface area contributed by atoms with E-state index in [-0.39, 0.29) is 5.75 Å². The first-order valence-corrected chi connectivity index (χ1v) is 4.02. The summed E-state index contributed by atoms with van der Waals surface area (Å²) in [5.41, 5.74) is -0.451. The van der Waals surface area contributed by atoms with Crippen LogP contribution in [0.3, 0.4) is 0 Å². The minimum atomic E-state index is -0.451. The maximum absolute atomic E-state index is 10.3. The van der Waals surface area contributed by atoms with Crippen LogP contribution in [0.4, 0.5) is 0 Å². The van der Waals surface area contributed by atoms with Crippen LogP contribution >= 0.6 is 0 Å². The fraction of sp³-hybridized carbons (Fsp3) is 0. The largest absolute Gasteiger partial charge is 0.503 e. The van der Waals surface area contributed by atoms with E-state index < -0.39 is 5.56 Å². The third kappa shape index (κ3) is 3.53. The van der Waals surface area contributed by atoms with Crippen molar-refractivity contribution in [1.82, 2.24) is 9.97 Å². The van der Waals surface area contributed by atoms with E-state index >= 15 is 0 Å². The van der Waals surface area contributed by atoms with Crippen LogP contribution in [0.15, 0.2) is 53.7 Å². The van der Waals surface area contributed by atoms with E-state index in [1.54, 1.807) is 18.5 Å². The predicted molar refractivity (Wildman–Crippen MR) is 53.0 cm³/mol. The van der Waals surface area contributed by atoms with E-state index in [1.165, 1.54) is 12.3 Å². The molecule has 0 aliphatic rings. The molecule has 2 aromatic rings. The summed E-state index contributed by atoms with van der Waals surface area (Å²) >= 11 is 0. The van der Waals surface area contributed by atoms with Crippen molar-refractivity contribution in [3.05, 3.63) is 59.3 Å². The van der Waals surface area contributed by atoms with Gasteiger partial charge in [-0.1, -0.05) is 6.07 Å². The topological polar surface area (TPSA) is 66.0 Å². The number of nitrogens with one attached hydrogen (secondary N) is 1. The van der Waals surface area contributed by atoms with Crippen LogP contribution in [0.1, 0.15) is 0 Å². The highest BCUT2D eigenvalue weighted by molar-refractivity contribution is 5.12. The Balaban J connectivity index is 0.000000146. The molecule has 2 N–H and O–H groups in total. The molecule has 0 atom stereocenters. The van der Waals surface area contributed by atoms with Crippen LogP contribution in [0.25, 0.3) is 0 Å². The van der Waals surface area contributed by atoms with Gasteiger partial charge in [0.05, 0.1) is 0 Å². The van der Waals surface area contributed by atoms with Crippen molar-refractivity contribution in [3.8, 4) is 5.75 Å². The van der Waals surface area contributed by atoms with Gasteiger partial charge in [-0.3, -0.25) is 9.78 Å². The SMILES string of the molecule is O=c1[nH]cccc1O.c1ccncc1. The van der Waals surface area contributed by atoms with Crippen molar-refractivity contribution >= 4 is 0 Å². The number of pyridine rings is 2. The molecular formula is C10H10N2O2. The van der Waals surface area contributed by atoms with Crippen LogP contribution in [0, 0.1) is 0 Å². The maximum atomic E-state index is 10.3. The van der Waals surface area contributed by atoms with Crippen LogP contribution in [-0.2, 0) is 0 Å². The summed E-state index contributed by atoms with van der Waals surface area (Å²) in [4.78, 5) is 16.4. The van der Waals surface area contributed by atoms with Crippen molar-refractivity contribution in [2.75, 3.05) is 0 Å². The first kappa shape index (κ1) is 9.98. The fourth-order valence-electron chi connectivity index (χ4n) is 0.725. The summed E-state index contributed by atoms with van der Waals surface area (Å²) in [6.45, 7) is 0. The van der Waals surface area contributed by atoms with E-state index in [1.807, 2.05) is 18.2 Å². The molecule has 72 valence electrons. The number of rotatable bonds is 0. The number of H-pyrrole nitrogens is 1. The van der Waals surface area contributed by atoms with Gasteiger partial charge in [0.25, 0.3) is 5.56 Å². The number of aromatic hydroxyl groups is 1. The Kier molecular flexibility index (Phi) is 3.94. The molecule has 0 aliphatic carbocycles. The minimum Gasteiger partial charge on any atom is -0.503 e. The van der Waals surface area contributed by atoms with Crippen molar-refractivity contribution in [2.45, 2.75) is 0 Å². The summed E-state index contributed by atoms with van der Waals surface area (Å²) in [6, 6.07) is 8.60. The third-order valence-electron chi connectivity index (χ3n) is 1.36. The third-order valence-corrected chi connectivity index (χ3v) is 1.36. The smallest absolute Gasteiger partial charge is 0.290 e. The van der Waals surface area contributed by atoms with Gasteiger partial charge in [-0.05, 0) is 24.3 Å². The van der Waals surface area contributed by atoms with Crippen molar-refractivity contribution in [3.63, 3.8) is 0 Å². The minimum absolute atomic E-state index is 0.243. The first-order valence-electron chi connectivity index (χ1n) is 4.02. The summed E-state index contributed by atoms with van der Waals surface area (Å²) < 4.78 is 0. The standard InChI is InChI=1S/C5H5NO2.C5H5N/c7-4-2-1-3-6-5(4)8;1-2-4-6-5-3-1/h1-3,7H,(H,6,8);1-5H. The zero-order chi connectivity index (χ0) is 10.2. The molecule has 0 saturated carbocycles. The van der Waals surface area contributed by atoms with Gasteiger partial charge in [-0.25, -0.2) is 0 Å². The average molecular weight is 190 g/mol.